The second-order valence-electron chi connectivity index (χ2n) is 6.12. The number of rotatable bonds is 3. The minimum absolute atomic E-state index is 0.0455. The number of alkyl halides is 2. The molecule has 0 aromatic heterocycles. The summed E-state index contributed by atoms with van der Waals surface area (Å²) in [7, 11) is 0. The van der Waals surface area contributed by atoms with Crippen LogP contribution in [0.4, 0.5) is 8.78 Å². The van der Waals surface area contributed by atoms with Crippen molar-refractivity contribution in [3.8, 4) is 0 Å². The quantitative estimate of drug-likeness (QED) is 0.872. The van der Waals surface area contributed by atoms with Crippen LogP contribution in [0.15, 0.2) is 24.3 Å². The van der Waals surface area contributed by atoms with Crippen molar-refractivity contribution >= 4 is 0 Å². The molecule has 19 heavy (non-hydrogen) atoms. The van der Waals surface area contributed by atoms with Crippen LogP contribution in [0.2, 0.25) is 0 Å². The van der Waals surface area contributed by atoms with Gasteiger partial charge in [-0.05, 0) is 29.9 Å². The van der Waals surface area contributed by atoms with Gasteiger partial charge in [0.25, 0.3) is 0 Å². The lowest BCUT2D eigenvalue weighted by atomic mass is 9.68. The first kappa shape index (κ1) is 14.4. The Morgan fingerprint density at radius 2 is 1.58 bits per heavy atom. The summed E-state index contributed by atoms with van der Waals surface area (Å²) in [6, 6.07) is 8.35. The van der Waals surface area contributed by atoms with E-state index in [4.69, 9.17) is 5.73 Å². The molecule has 0 saturated heterocycles. The standard InChI is InChI=1S/C16H23F2N/c1-12(2)13-3-5-14(6-4-13)15(11-19)7-9-16(17,18)10-8-15/h3-6,12H,7-11,19H2,1-2H3. The van der Waals surface area contributed by atoms with Crippen LogP contribution in [0.25, 0.3) is 0 Å². The lowest BCUT2D eigenvalue weighted by Crippen LogP contribution is -2.42. The van der Waals surface area contributed by atoms with Gasteiger partial charge in [-0.2, -0.15) is 0 Å². The van der Waals surface area contributed by atoms with Gasteiger partial charge in [-0.25, -0.2) is 8.78 Å². The third kappa shape index (κ3) is 2.97. The highest BCUT2D eigenvalue weighted by Crippen LogP contribution is 2.44. The lowest BCUT2D eigenvalue weighted by Gasteiger charge is -2.40. The fourth-order valence-corrected chi connectivity index (χ4v) is 2.93. The van der Waals surface area contributed by atoms with Crippen molar-refractivity contribution in [3.63, 3.8) is 0 Å². The minimum atomic E-state index is -2.50. The average molecular weight is 267 g/mol. The average Bonchev–Trinajstić information content (AvgIpc) is 2.40. The van der Waals surface area contributed by atoms with Crippen LogP contribution in [0.1, 0.15) is 56.6 Å². The molecule has 106 valence electrons. The van der Waals surface area contributed by atoms with Crippen molar-refractivity contribution in [1.82, 2.24) is 0 Å². The van der Waals surface area contributed by atoms with Gasteiger partial charge in [-0.3, -0.25) is 0 Å². The minimum Gasteiger partial charge on any atom is -0.330 e. The van der Waals surface area contributed by atoms with E-state index in [0.717, 1.165) is 5.56 Å². The molecule has 3 heteroatoms. The summed E-state index contributed by atoms with van der Waals surface area (Å²) in [5.41, 5.74) is 8.05. The van der Waals surface area contributed by atoms with Crippen molar-refractivity contribution in [2.45, 2.75) is 56.8 Å². The fourth-order valence-electron chi connectivity index (χ4n) is 2.93. The van der Waals surface area contributed by atoms with E-state index < -0.39 is 5.92 Å². The topological polar surface area (TPSA) is 26.0 Å². The maximum absolute atomic E-state index is 13.3. The highest BCUT2D eigenvalue weighted by Gasteiger charge is 2.43. The maximum atomic E-state index is 13.3. The molecule has 1 saturated carbocycles. The van der Waals surface area contributed by atoms with E-state index in [-0.39, 0.29) is 18.3 Å². The van der Waals surface area contributed by atoms with Crippen molar-refractivity contribution in [2.24, 2.45) is 5.73 Å². The Hall–Kier alpha value is -0.960. The molecule has 0 radical (unpaired) electrons. The maximum Gasteiger partial charge on any atom is 0.248 e. The van der Waals surface area contributed by atoms with Gasteiger partial charge in [0.2, 0.25) is 5.92 Å². The van der Waals surface area contributed by atoms with E-state index in [1.807, 2.05) is 0 Å². The van der Waals surface area contributed by atoms with Gasteiger partial charge in [0.15, 0.2) is 0 Å². The van der Waals surface area contributed by atoms with Gasteiger partial charge >= 0.3 is 0 Å². The Kier molecular flexibility index (Phi) is 3.95. The summed E-state index contributed by atoms with van der Waals surface area (Å²) in [5.74, 6) is -2.02. The van der Waals surface area contributed by atoms with E-state index in [1.165, 1.54) is 5.56 Å². The smallest absolute Gasteiger partial charge is 0.248 e. The molecule has 0 unspecified atom stereocenters. The molecule has 1 aromatic carbocycles. The number of benzene rings is 1. The molecule has 2 N–H and O–H groups in total. The van der Waals surface area contributed by atoms with E-state index in [9.17, 15) is 8.78 Å². The van der Waals surface area contributed by atoms with Gasteiger partial charge in [-0.15, -0.1) is 0 Å². The molecule has 0 bridgehead atoms. The summed E-state index contributed by atoms with van der Waals surface area (Å²) in [6.45, 7) is 4.74. The highest BCUT2D eigenvalue weighted by atomic mass is 19.3. The van der Waals surface area contributed by atoms with Crippen molar-refractivity contribution in [3.05, 3.63) is 35.4 Å². The zero-order chi connectivity index (χ0) is 14.1. The van der Waals surface area contributed by atoms with Crippen LogP contribution in [-0.4, -0.2) is 12.5 Å². The van der Waals surface area contributed by atoms with Crippen LogP contribution in [0.5, 0.6) is 0 Å². The summed E-state index contributed by atoms with van der Waals surface area (Å²) in [4.78, 5) is 0. The Labute approximate surface area is 114 Å². The third-order valence-electron chi connectivity index (χ3n) is 4.52. The predicted molar refractivity (Wildman–Crippen MR) is 74.7 cm³/mol. The zero-order valence-corrected chi connectivity index (χ0v) is 11.8. The molecule has 1 aliphatic carbocycles. The number of hydrogen-bond acceptors (Lipinski definition) is 1. The van der Waals surface area contributed by atoms with Crippen LogP contribution in [-0.2, 0) is 5.41 Å². The molecule has 1 aliphatic rings. The SMILES string of the molecule is CC(C)c1ccc(C2(CN)CCC(F)(F)CC2)cc1. The monoisotopic (exact) mass is 267 g/mol. The number of nitrogens with two attached hydrogens (primary N) is 1. The number of hydrogen-bond donors (Lipinski definition) is 1. The first-order valence-electron chi connectivity index (χ1n) is 7.07. The first-order valence-corrected chi connectivity index (χ1v) is 7.07. The Morgan fingerprint density at radius 3 is 2.00 bits per heavy atom. The van der Waals surface area contributed by atoms with Crippen LogP contribution in [0.3, 0.4) is 0 Å². The largest absolute Gasteiger partial charge is 0.330 e. The fraction of sp³-hybridized carbons (Fsp3) is 0.625. The molecule has 1 fully saturated rings. The molecule has 0 atom stereocenters. The summed E-state index contributed by atoms with van der Waals surface area (Å²) in [5, 5.41) is 0. The highest BCUT2D eigenvalue weighted by molar-refractivity contribution is 5.31. The second kappa shape index (κ2) is 5.20. The normalized spacial score (nSPS) is 21.6. The number of halogens is 2. The Bertz CT molecular complexity index is 413. The van der Waals surface area contributed by atoms with Crippen molar-refractivity contribution in [1.29, 1.82) is 0 Å². The van der Waals surface area contributed by atoms with Gasteiger partial charge < -0.3 is 5.73 Å². The van der Waals surface area contributed by atoms with Crippen molar-refractivity contribution < 1.29 is 8.78 Å². The van der Waals surface area contributed by atoms with E-state index >= 15 is 0 Å². The van der Waals surface area contributed by atoms with Crippen molar-refractivity contribution in [2.75, 3.05) is 6.54 Å². The Morgan fingerprint density at radius 1 is 1.05 bits per heavy atom. The summed E-state index contributed by atoms with van der Waals surface area (Å²) in [6.07, 6.45) is 0.876. The second-order valence-corrected chi connectivity index (χ2v) is 6.12. The molecular formula is C16H23F2N. The molecule has 1 nitrogen and oxygen atoms in total. The van der Waals surface area contributed by atoms with Gasteiger partial charge in [0, 0.05) is 24.8 Å². The molecule has 1 aromatic rings. The summed E-state index contributed by atoms with van der Waals surface area (Å²) >= 11 is 0. The lowest BCUT2D eigenvalue weighted by molar-refractivity contribution is -0.0509. The molecule has 2 rings (SSSR count). The van der Waals surface area contributed by atoms with Crippen LogP contribution >= 0.6 is 0 Å². The van der Waals surface area contributed by atoms with Crippen LogP contribution in [0, 0.1) is 0 Å². The predicted octanol–water partition coefficient (Wildman–Crippen LogP) is 4.22. The van der Waals surface area contributed by atoms with Gasteiger partial charge in [-0.1, -0.05) is 38.1 Å². The Balaban J connectivity index is 2.22. The summed E-state index contributed by atoms with van der Waals surface area (Å²) < 4.78 is 26.7. The first-order chi connectivity index (χ1) is 8.88. The van der Waals surface area contributed by atoms with E-state index in [0.29, 0.717) is 25.3 Å². The zero-order valence-electron chi connectivity index (χ0n) is 11.8. The molecular weight excluding hydrogens is 244 g/mol. The molecule has 0 spiro atoms. The molecule has 0 heterocycles. The third-order valence-corrected chi connectivity index (χ3v) is 4.52. The van der Waals surface area contributed by atoms with E-state index in [2.05, 4.69) is 38.1 Å². The molecule has 0 aliphatic heterocycles. The van der Waals surface area contributed by atoms with Gasteiger partial charge in [0.05, 0.1) is 0 Å². The van der Waals surface area contributed by atoms with Gasteiger partial charge in [0.1, 0.15) is 0 Å². The molecule has 0 amide bonds. The van der Waals surface area contributed by atoms with E-state index in [1.54, 1.807) is 0 Å². The van der Waals surface area contributed by atoms with Crippen LogP contribution < -0.4 is 5.73 Å².